The summed E-state index contributed by atoms with van der Waals surface area (Å²) < 4.78 is 0. The number of rotatable bonds is 4. The molecule has 2 fully saturated rings. The summed E-state index contributed by atoms with van der Waals surface area (Å²) in [7, 11) is 0. The minimum atomic E-state index is -0.563. The van der Waals surface area contributed by atoms with E-state index >= 15 is 0 Å². The van der Waals surface area contributed by atoms with Crippen LogP contribution in [0.1, 0.15) is 47.2 Å². The molecule has 7 nitrogen and oxygen atoms in total. The highest BCUT2D eigenvalue weighted by Gasteiger charge is 2.40. The molecule has 0 bridgehead atoms. The lowest BCUT2D eigenvalue weighted by Gasteiger charge is -2.32. The van der Waals surface area contributed by atoms with Crippen molar-refractivity contribution in [2.75, 3.05) is 19.6 Å². The maximum absolute atomic E-state index is 13.1. The molecule has 1 unspecified atom stereocenters. The fourth-order valence-corrected chi connectivity index (χ4v) is 4.55. The third-order valence-corrected chi connectivity index (χ3v) is 5.97. The predicted molar refractivity (Wildman–Crippen MR) is 99.5 cm³/mol. The number of fused-ring (bicyclic) bond motifs is 1. The van der Waals surface area contributed by atoms with E-state index in [0.717, 1.165) is 42.7 Å². The Labute approximate surface area is 158 Å². The highest BCUT2D eigenvalue weighted by molar-refractivity contribution is 6.05. The summed E-state index contributed by atoms with van der Waals surface area (Å²) in [6.45, 7) is 3.84. The van der Waals surface area contributed by atoms with Crippen LogP contribution in [0.3, 0.4) is 0 Å². The van der Waals surface area contributed by atoms with Crippen LogP contribution in [0.25, 0.3) is 0 Å². The van der Waals surface area contributed by atoms with Gasteiger partial charge in [0.1, 0.15) is 6.04 Å². The highest BCUT2D eigenvalue weighted by Crippen LogP contribution is 2.31. The number of likely N-dealkylation sites (tertiary alicyclic amines) is 1. The van der Waals surface area contributed by atoms with Gasteiger partial charge in [0.2, 0.25) is 11.8 Å². The third-order valence-electron chi connectivity index (χ3n) is 5.97. The van der Waals surface area contributed by atoms with E-state index in [1.165, 1.54) is 6.42 Å². The molecule has 1 aromatic rings. The normalized spacial score (nSPS) is 26.3. The zero-order valence-corrected chi connectivity index (χ0v) is 15.4. The summed E-state index contributed by atoms with van der Waals surface area (Å²) in [6.07, 6.45) is 2.97. The van der Waals surface area contributed by atoms with Crippen molar-refractivity contribution < 1.29 is 14.4 Å². The Morgan fingerprint density at radius 3 is 2.81 bits per heavy atom. The molecule has 144 valence electrons. The van der Waals surface area contributed by atoms with Gasteiger partial charge in [-0.2, -0.15) is 0 Å². The van der Waals surface area contributed by atoms with E-state index < -0.39 is 6.04 Å². The number of piperidine rings is 2. The number of nitrogens with one attached hydrogen (secondary N) is 1. The van der Waals surface area contributed by atoms with Gasteiger partial charge in [-0.1, -0.05) is 18.2 Å². The second kappa shape index (κ2) is 7.40. The molecule has 3 N–H and O–H groups in total. The average Bonchev–Trinajstić information content (AvgIpc) is 2.99. The van der Waals surface area contributed by atoms with Crippen LogP contribution in [0.15, 0.2) is 18.2 Å². The van der Waals surface area contributed by atoms with E-state index in [1.54, 1.807) is 4.90 Å². The van der Waals surface area contributed by atoms with Gasteiger partial charge in [0.05, 0.1) is 0 Å². The van der Waals surface area contributed by atoms with E-state index in [2.05, 4.69) is 10.2 Å². The molecule has 0 saturated carbocycles. The molecular weight excluding hydrogens is 344 g/mol. The Morgan fingerprint density at radius 1 is 1.19 bits per heavy atom. The average molecular weight is 370 g/mol. The molecule has 3 heterocycles. The predicted octanol–water partition coefficient (Wildman–Crippen LogP) is 0.618. The second-order valence-corrected chi connectivity index (χ2v) is 7.83. The zero-order chi connectivity index (χ0) is 19.0. The largest absolute Gasteiger partial charge is 0.330 e. The quantitative estimate of drug-likeness (QED) is 0.758. The van der Waals surface area contributed by atoms with Crippen LogP contribution in [0, 0.1) is 5.92 Å². The summed E-state index contributed by atoms with van der Waals surface area (Å²) in [5, 5.41) is 2.35. The lowest BCUT2D eigenvalue weighted by Crippen LogP contribution is -2.52. The Balaban J connectivity index is 1.53. The van der Waals surface area contributed by atoms with Crippen molar-refractivity contribution in [1.29, 1.82) is 0 Å². The summed E-state index contributed by atoms with van der Waals surface area (Å²) >= 11 is 0. The molecule has 2 atom stereocenters. The molecule has 2 saturated heterocycles. The van der Waals surface area contributed by atoms with Gasteiger partial charge in [-0.15, -0.1) is 0 Å². The Hall–Kier alpha value is -2.25. The number of hydrogen-bond donors (Lipinski definition) is 2. The van der Waals surface area contributed by atoms with Crippen molar-refractivity contribution in [3.05, 3.63) is 34.9 Å². The number of carbonyl (C=O) groups is 3. The fraction of sp³-hybridized carbons (Fsp3) is 0.550. The molecule has 7 heteroatoms. The van der Waals surface area contributed by atoms with Crippen molar-refractivity contribution in [3.63, 3.8) is 0 Å². The summed E-state index contributed by atoms with van der Waals surface area (Å²) in [4.78, 5) is 40.7. The van der Waals surface area contributed by atoms with Gasteiger partial charge in [0.15, 0.2) is 0 Å². The van der Waals surface area contributed by atoms with Gasteiger partial charge >= 0.3 is 0 Å². The minimum absolute atomic E-state index is 0.0949. The topological polar surface area (TPSA) is 95.7 Å². The molecule has 0 radical (unpaired) electrons. The molecule has 3 aliphatic rings. The Morgan fingerprint density at radius 2 is 2.04 bits per heavy atom. The summed E-state index contributed by atoms with van der Waals surface area (Å²) in [5.74, 6) is -0.204. The van der Waals surface area contributed by atoms with E-state index in [-0.39, 0.29) is 24.1 Å². The molecule has 0 spiro atoms. The standard InChI is InChI=1S/C20H26N4O3/c21-9-13-3-2-8-23(10-13)11-14-4-1-5-15-12-24(20(27)18(14)15)16-6-7-17(25)22-19(16)26/h1,4-5,13,16H,2-3,6-12,21H2,(H,22,25,26)/t13-,16?/m0/s1. The zero-order valence-electron chi connectivity index (χ0n) is 15.4. The number of imide groups is 1. The van der Waals surface area contributed by atoms with Crippen LogP contribution in [0.5, 0.6) is 0 Å². The van der Waals surface area contributed by atoms with E-state index in [4.69, 9.17) is 5.73 Å². The second-order valence-electron chi connectivity index (χ2n) is 7.83. The number of benzene rings is 1. The van der Waals surface area contributed by atoms with Crippen molar-refractivity contribution in [1.82, 2.24) is 15.1 Å². The van der Waals surface area contributed by atoms with Crippen LogP contribution < -0.4 is 11.1 Å². The first-order valence-electron chi connectivity index (χ1n) is 9.74. The number of carbonyl (C=O) groups excluding carboxylic acids is 3. The molecule has 4 rings (SSSR count). The number of nitrogens with two attached hydrogens (primary N) is 1. The minimum Gasteiger partial charge on any atom is -0.330 e. The summed E-state index contributed by atoms with van der Waals surface area (Å²) in [6, 6.07) is 5.39. The SMILES string of the molecule is NC[C@@H]1CCCN(Cc2cccc3c2C(=O)N(C2CCC(=O)NC2=O)C3)C1. The third kappa shape index (κ3) is 3.49. The molecule has 3 amide bonds. The molecule has 0 aliphatic carbocycles. The van der Waals surface area contributed by atoms with Crippen LogP contribution >= 0.6 is 0 Å². The van der Waals surface area contributed by atoms with Crippen molar-refractivity contribution in [3.8, 4) is 0 Å². The van der Waals surface area contributed by atoms with Gasteiger partial charge < -0.3 is 10.6 Å². The van der Waals surface area contributed by atoms with Crippen molar-refractivity contribution >= 4 is 17.7 Å². The smallest absolute Gasteiger partial charge is 0.255 e. The molecular formula is C20H26N4O3. The summed E-state index contributed by atoms with van der Waals surface area (Å²) in [5.41, 5.74) is 8.56. The first-order valence-corrected chi connectivity index (χ1v) is 9.74. The van der Waals surface area contributed by atoms with Gasteiger partial charge in [0.25, 0.3) is 5.91 Å². The highest BCUT2D eigenvalue weighted by atomic mass is 16.2. The van der Waals surface area contributed by atoms with Gasteiger partial charge in [0, 0.05) is 31.6 Å². The first kappa shape index (κ1) is 18.1. The van der Waals surface area contributed by atoms with Gasteiger partial charge in [-0.05, 0) is 49.4 Å². The monoisotopic (exact) mass is 370 g/mol. The van der Waals surface area contributed by atoms with E-state index in [1.807, 2.05) is 18.2 Å². The van der Waals surface area contributed by atoms with Crippen molar-refractivity contribution in [2.24, 2.45) is 11.7 Å². The van der Waals surface area contributed by atoms with Crippen LogP contribution in [-0.2, 0) is 22.7 Å². The van der Waals surface area contributed by atoms with Crippen LogP contribution in [0.2, 0.25) is 0 Å². The molecule has 1 aromatic carbocycles. The van der Waals surface area contributed by atoms with Crippen LogP contribution in [0.4, 0.5) is 0 Å². The first-order chi connectivity index (χ1) is 13.1. The Bertz CT molecular complexity index is 778. The number of amides is 3. The van der Waals surface area contributed by atoms with Gasteiger partial charge in [-0.25, -0.2) is 0 Å². The molecule has 3 aliphatic heterocycles. The molecule has 0 aromatic heterocycles. The van der Waals surface area contributed by atoms with Crippen LogP contribution in [-0.4, -0.2) is 53.2 Å². The number of nitrogens with zero attached hydrogens (tertiary/aromatic N) is 2. The maximum Gasteiger partial charge on any atom is 0.255 e. The fourth-order valence-electron chi connectivity index (χ4n) is 4.55. The lowest BCUT2D eigenvalue weighted by molar-refractivity contribution is -0.136. The number of hydrogen-bond acceptors (Lipinski definition) is 5. The van der Waals surface area contributed by atoms with Gasteiger partial charge in [-0.3, -0.25) is 24.6 Å². The van der Waals surface area contributed by atoms with Crippen molar-refractivity contribution in [2.45, 2.75) is 44.8 Å². The lowest BCUT2D eigenvalue weighted by atomic mass is 9.96. The van der Waals surface area contributed by atoms with E-state index in [0.29, 0.717) is 25.4 Å². The van der Waals surface area contributed by atoms with E-state index in [9.17, 15) is 14.4 Å². The Kier molecular flexibility index (Phi) is 4.97. The maximum atomic E-state index is 13.1. The molecule has 27 heavy (non-hydrogen) atoms.